The van der Waals surface area contributed by atoms with Crippen LogP contribution in [0.15, 0.2) is 60.7 Å². The van der Waals surface area contributed by atoms with E-state index in [1.165, 1.54) is 4.90 Å². The number of carbonyl (C=O) groups excluding carboxylic acids is 3. The van der Waals surface area contributed by atoms with Crippen LogP contribution in [0.25, 0.3) is 10.8 Å². The number of hydrogen-bond acceptors (Lipinski definition) is 5. The third-order valence-corrected chi connectivity index (χ3v) is 5.45. The Kier molecular flexibility index (Phi) is 5.95. The van der Waals surface area contributed by atoms with E-state index in [2.05, 4.69) is 5.32 Å². The molecule has 3 aromatic rings. The molecule has 0 saturated carbocycles. The Morgan fingerprint density at radius 3 is 2.32 bits per heavy atom. The maximum absolute atomic E-state index is 13.1. The third kappa shape index (κ3) is 4.13. The number of hydrogen-bond donors (Lipinski definition) is 3. The van der Waals surface area contributed by atoms with Crippen LogP contribution in [-0.2, 0) is 4.79 Å². The Balaban J connectivity index is 1.56. The van der Waals surface area contributed by atoms with Crippen LogP contribution >= 0.6 is 0 Å². The molecule has 1 aliphatic heterocycles. The molecule has 0 aromatic heterocycles. The fourth-order valence-corrected chi connectivity index (χ4v) is 3.92. The lowest BCUT2D eigenvalue weighted by molar-refractivity contribution is -0.129. The number of unbranched alkanes of at least 4 members (excludes halogenated alkanes) is 2. The minimum absolute atomic E-state index is 0.206. The fraction of sp³-hybridized carbons (Fsp3) is 0.208. The normalized spacial score (nSPS) is 12.9. The smallest absolute Gasteiger partial charge is 0.261 e. The first-order valence-electron chi connectivity index (χ1n) is 10.3. The van der Waals surface area contributed by atoms with Crippen molar-refractivity contribution in [3.05, 3.63) is 71.8 Å². The molecule has 0 bridgehead atoms. The second-order valence-electron chi connectivity index (χ2n) is 7.49. The van der Waals surface area contributed by atoms with Gasteiger partial charge in [-0.2, -0.15) is 0 Å². The number of imide groups is 1. The molecule has 3 aromatic carbocycles. The molecule has 4 rings (SSSR count). The summed E-state index contributed by atoms with van der Waals surface area (Å²) in [4.78, 5) is 38.5. The van der Waals surface area contributed by atoms with Crippen molar-refractivity contribution in [1.29, 1.82) is 0 Å². The maximum atomic E-state index is 13.1. The molecular formula is C24H23N3O4. The SMILES string of the molecule is O=C(CCCCCN1C(=O)c2cccc3c(Nc4ccccc4)ccc(c23)C1=O)NO. The van der Waals surface area contributed by atoms with Crippen LogP contribution in [0.5, 0.6) is 0 Å². The number of para-hydroxylation sites is 1. The Labute approximate surface area is 179 Å². The molecule has 0 unspecified atom stereocenters. The highest BCUT2D eigenvalue weighted by Crippen LogP contribution is 2.35. The van der Waals surface area contributed by atoms with Gasteiger partial charge in [0.25, 0.3) is 11.8 Å². The zero-order valence-electron chi connectivity index (χ0n) is 16.9. The largest absolute Gasteiger partial charge is 0.355 e. The van der Waals surface area contributed by atoms with E-state index in [4.69, 9.17) is 5.21 Å². The summed E-state index contributed by atoms with van der Waals surface area (Å²) >= 11 is 0. The summed E-state index contributed by atoms with van der Waals surface area (Å²) in [5.41, 5.74) is 4.39. The van der Waals surface area contributed by atoms with Gasteiger partial charge in [0.2, 0.25) is 5.91 Å². The molecule has 0 aliphatic carbocycles. The van der Waals surface area contributed by atoms with Gasteiger partial charge in [0.15, 0.2) is 0 Å². The topological polar surface area (TPSA) is 98.7 Å². The molecule has 31 heavy (non-hydrogen) atoms. The predicted molar refractivity (Wildman–Crippen MR) is 117 cm³/mol. The molecule has 7 heteroatoms. The number of nitrogens with zero attached hydrogens (tertiary/aromatic N) is 1. The number of amides is 3. The number of benzene rings is 3. The van der Waals surface area contributed by atoms with E-state index in [-0.39, 0.29) is 24.8 Å². The highest BCUT2D eigenvalue weighted by molar-refractivity contribution is 6.26. The van der Waals surface area contributed by atoms with Gasteiger partial charge in [0, 0.05) is 46.2 Å². The summed E-state index contributed by atoms with van der Waals surface area (Å²) in [6.07, 6.45) is 2.04. The number of nitrogens with one attached hydrogen (secondary N) is 2. The number of carbonyl (C=O) groups is 3. The first-order chi connectivity index (χ1) is 15.1. The van der Waals surface area contributed by atoms with Gasteiger partial charge in [-0.05, 0) is 43.2 Å². The summed E-state index contributed by atoms with van der Waals surface area (Å²) in [5, 5.41) is 13.4. The molecular weight excluding hydrogens is 394 g/mol. The van der Waals surface area contributed by atoms with Gasteiger partial charge in [-0.25, -0.2) is 5.48 Å². The van der Waals surface area contributed by atoms with Gasteiger partial charge in [-0.1, -0.05) is 36.8 Å². The van der Waals surface area contributed by atoms with E-state index < -0.39 is 5.91 Å². The van der Waals surface area contributed by atoms with Crippen molar-refractivity contribution in [2.75, 3.05) is 11.9 Å². The molecule has 0 spiro atoms. The monoisotopic (exact) mass is 417 g/mol. The molecule has 0 fully saturated rings. The Hall–Kier alpha value is -3.71. The van der Waals surface area contributed by atoms with E-state index in [0.29, 0.717) is 35.8 Å². The fourth-order valence-electron chi connectivity index (χ4n) is 3.92. The second-order valence-corrected chi connectivity index (χ2v) is 7.49. The van der Waals surface area contributed by atoms with Crippen molar-refractivity contribution in [2.24, 2.45) is 0 Å². The average Bonchev–Trinajstić information content (AvgIpc) is 2.80. The Bertz CT molecular complexity index is 1120. The van der Waals surface area contributed by atoms with E-state index >= 15 is 0 Å². The van der Waals surface area contributed by atoms with Crippen molar-refractivity contribution in [3.8, 4) is 0 Å². The van der Waals surface area contributed by atoms with Gasteiger partial charge < -0.3 is 5.32 Å². The van der Waals surface area contributed by atoms with Gasteiger partial charge in [0.1, 0.15) is 0 Å². The minimum Gasteiger partial charge on any atom is -0.355 e. The highest BCUT2D eigenvalue weighted by Gasteiger charge is 2.32. The summed E-state index contributed by atoms with van der Waals surface area (Å²) in [7, 11) is 0. The van der Waals surface area contributed by atoms with Crippen LogP contribution in [0.3, 0.4) is 0 Å². The number of anilines is 2. The zero-order valence-corrected chi connectivity index (χ0v) is 16.9. The van der Waals surface area contributed by atoms with Gasteiger partial charge in [0.05, 0.1) is 0 Å². The van der Waals surface area contributed by atoms with Gasteiger partial charge in [-0.3, -0.25) is 24.5 Å². The summed E-state index contributed by atoms with van der Waals surface area (Å²) in [5.74, 6) is -1.04. The summed E-state index contributed by atoms with van der Waals surface area (Å²) in [6, 6.07) is 18.9. The molecule has 1 heterocycles. The van der Waals surface area contributed by atoms with Crippen molar-refractivity contribution in [1.82, 2.24) is 10.4 Å². The first-order valence-corrected chi connectivity index (χ1v) is 10.3. The van der Waals surface area contributed by atoms with Crippen molar-refractivity contribution >= 4 is 39.9 Å². The van der Waals surface area contributed by atoms with E-state index in [9.17, 15) is 14.4 Å². The lowest BCUT2D eigenvalue weighted by Gasteiger charge is -2.28. The molecule has 7 nitrogen and oxygen atoms in total. The van der Waals surface area contributed by atoms with E-state index in [1.807, 2.05) is 48.5 Å². The van der Waals surface area contributed by atoms with Crippen LogP contribution in [-0.4, -0.2) is 34.4 Å². The molecule has 0 saturated heterocycles. The van der Waals surface area contributed by atoms with Crippen LogP contribution in [0.1, 0.15) is 46.4 Å². The maximum Gasteiger partial charge on any atom is 0.261 e. The molecule has 158 valence electrons. The van der Waals surface area contributed by atoms with Crippen LogP contribution in [0.4, 0.5) is 11.4 Å². The lowest BCUT2D eigenvalue weighted by atomic mass is 9.92. The van der Waals surface area contributed by atoms with Crippen molar-refractivity contribution < 1.29 is 19.6 Å². The van der Waals surface area contributed by atoms with Crippen molar-refractivity contribution in [2.45, 2.75) is 25.7 Å². The Morgan fingerprint density at radius 2 is 1.58 bits per heavy atom. The average molecular weight is 417 g/mol. The second kappa shape index (κ2) is 8.97. The number of hydroxylamine groups is 1. The van der Waals surface area contributed by atoms with Gasteiger partial charge in [-0.15, -0.1) is 0 Å². The standard InChI is InChI=1S/C24H23N3O4/c28-21(26-31)12-5-2-6-15-27-23(29)18-11-7-10-17-20(25-16-8-3-1-4-9-16)14-13-19(22(17)18)24(27)30/h1,3-4,7-11,13-14,25,31H,2,5-6,12,15H2,(H,26,28). The van der Waals surface area contributed by atoms with Crippen LogP contribution < -0.4 is 10.8 Å². The Morgan fingerprint density at radius 1 is 0.839 bits per heavy atom. The minimum atomic E-state index is -0.439. The summed E-state index contributed by atoms with van der Waals surface area (Å²) in [6.45, 7) is 0.290. The third-order valence-electron chi connectivity index (χ3n) is 5.45. The molecule has 3 amide bonds. The molecule has 3 N–H and O–H groups in total. The van der Waals surface area contributed by atoms with Crippen LogP contribution in [0, 0.1) is 0 Å². The molecule has 0 radical (unpaired) electrons. The van der Waals surface area contributed by atoms with E-state index in [1.54, 1.807) is 17.6 Å². The first kappa shape index (κ1) is 20.6. The number of rotatable bonds is 8. The quantitative estimate of drug-likeness (QED) is 0.220. The lowest BCUT2D eigenvalue weighted by Crippen LogP contribution is -2.40. The predicted octanol–water partition coefficient (Wildman–Crippen LogP) is 4.25. The summed E-state index contributed by atoms with van der Waals surface area (Å²) < 4.78 is 0. The van der Waals surface area contributed by atoms with E-state index in [0.717, 1.165) is 16.8 Å². The molecule has 0 atom stereocenters. The zero-order chi connectivity index (χ0) is 21.8. The molecule has 1 aliphatic rings. The van der Waals surface area contributed by atoms with Gasteiger partial charge >= 0.3 is 0 Å². The van der Waals surface area contributed by atoms with Crippen molar-refractivity contribution in [3.63, 3.8) is 0 Å². The highest BCUT2D eigenvalue weighted by atomic mass is 16.5. The van der Waals surface area contributed by atoms with Crippen LogP contribution in [0.2, 0.25) is 0 Å².